The molecule has 0 saturated carbocycles. The summed E-state index contributed by atoms with van der Waals surface area (Å²) in [7, 11) is -0.666. The highest BCUT2D eigenvalue weighted by Crippen LogP contribution is 2.42. The number of fused-ring (bicyclic) bond motifs is 1. The van der Waals surface area contributed by atoms with E-state index in [1.807, 2.05) is 19.1 Å². The maximum Gasteiger partial charge on any atom is 0.416 e. The van der Waals surface area contributed by atoms with Crippen LogP contribution < -0.4 is 9.80 Å². The molecule has 53 heavy (non-hydrogen) atoms. The summed E-state index contributed by atoms with van der Waals surface area (Å²) in [6.07, 6.45) is -5.28. The first kappa shape index (κ1) is 40.6. The fraction of sp³-hybridized carbons (Fsp3) is 0.553. The normalized spacial score (nSPS) is 19.3. The molecule has 0 aliphatic carbocycles. The fourth-order valence-corrected chi connectivity index (χ4v) is 7.62. The maximum absolute atomic E-state index is 14.3. The van der Waals surface area contributed by atoms with Crippen molar-refractivity contribution in [2.45, 2.75) is 89.5 Å². The van der Waals surface area contributed by atoms with Gasteiger partial charge in [0.2, 0.25) is 5.91 Å². The molecule has 0 unspecified atom stereocenters. The zero-order valence-corrected chi connectivity index (χ0v) is 32.7. The summed E-state index contributed by atoms with van der Waals surface area (Å²) >= 11 is 0. The van der Waals surface area contributed by atoms with Crippen LogP contribution in [0.25, 0.3) is 11.1 Å². The summed E-state index contributed by atoms with van der Waals surface area (Å²) in [5.74, 6) is -0.0928. The Labute approximate surface area is 308 Å². The summed E-state index contributed by atoms with van der Waals surface area (Å²) < 4.78 is 95.4. The van der Waals surface area contributed by atoms with Gasteiger partial charge in [-0.25, -0.2) is 4.98 Å². The molecular formula is C38H49F6N5O3Si. The Morgan fingerprint density at radius 3 is 2.15 bits per heavy atom. The first-order valence-corrected chi connectivity index (χ1v) is 20.5. The van der Waals surface area contributed by atoms with Gasteiger partial charge in [0.25, 0.3) is 0 Å². The fourth-order valence-electron chi connectivity index (χ4n) is 6.58. The number of aryl methyl sites for hydroxylation is 1. The van der Waals surface area contributed by atoms with Crippen molar-refractivity contribution in [1.82, 2.24) is 14.9 Å². The number of pyridine rings is 2. The third-order valence-corrected chi connectivity index (χ3v) is 15.6. The molecule has 2 fully saturated rings. The largest absolute Gasteiger partial charge is 0.416 e. The molecule has 2 aromatic heterocycles. The molecule has 8 nitrogen and oxygen atoms in total. The van der Waals surface area contributed by atoms with Crippen LogP contribution in [-0.2, 0) is 31.7 Å². The third-order valence-electron chi connectivity index (χ3n) is 11.1. The highest BCUT2D eigenvalue weighted by Gasteiger charge is 2.43. The van der Waals surface area contributed by atoms with Crippen LogP contribution in [0.15, 0.2) is 48.9 Å². The van der Waals surface area contributed by atoms with E-state index in [-0.39, 0.29) is 23.2 Å². The smallest absolute Gasteiger partial charge is 0.415 e. The Kier molecular flexibility index (Phi) is 11.2. The van der Waals surface area contributed by atoms with Crippen LogP contribution in [0.2, 0.25) is 18.1 Å². The van der Waals surface area contributed by atoms with Gasteiger partial charge in [0.1, 0.15) is 5.82 Å². The molecule has 0 spiro atoms. The molecule has 0 N–H and O–H groups in total. The van der Waals surface area contributed by atoms with Crippen molar-refractivity contribution >= 4 is 25.7 Å². The number of rotatable bonds is 8. The number of aromatic nitrogens is 2. The summed E-state index contributed by atoms with van der Waals surface area (Å²) in [5, 5.41) is 0.00613. The molecule has 3 aromatic rings. The van der Waals surface area contributed by atoms with E-state index >= 15 is 0 Å². The number of carbonyl (C=O) groups is 1. The SMILES string of the molecule is Cc1ccncc1-c1cc(N2C[C@H]3COCCN3C[C@H]2CO[Si](C)(C)C(C)(C)C)ncc1N(C)C(=O)C(C)(C)c1cc(C(F)(F)F)cc(C(F)(F)F)c1. The highest BCUT2D eigenvalue weighted by molar-refractivity contribution is 6.74. The topological polar surface area (TPSA) is 71.0 Å². The van der Waals surface area contributed by atoms with Gasteiger partial charge in [-0.15, -0.1) is 0 Å². The van der Waals surface area contributed by atoms with Crippen LogP contribution in [-0.4, -0.2) is 87.7 Å². The minimum absolute atomic E-state index is 0.00613. The van der Waals surface area contributed by atoms with E-state index in [9.17, 15) is 31.1 Å². The first-order chi connectivity index (χ1) is 24.4. The molecule has 0 radical (unpaired) electrons. The van der Waals surface area contributed by atoms with Gasteiger partial charge in [0, 0.05) is 50.2 Å². The van der Waals surface area contributed by atoms with E-state index < -0.39 is 48.7 Å². The van der Waals surface area contributed by atoms with Crippen LogP contribution in [0.5, 0.6) is 0 Å². The predicted molar refractivity (Wildman–Crippen MR) is 196 cm³/mol. The molecule has 2 aliphatic rings. The van der Waals surface area contributed by atoms with Crippen molar-refractivity contribution in [3.8, 4) is 11.1 Å². The van der Waals surface area contributed by atoms with E-state index in [1.165, 1.54) is 32.0 Å². The molecule has 0 bridgehead atoms. The number of nitrogens with zero attached hydrogens (tertiary/aromatic N) is 5. The number of likely N-dealkylation sites (N-methyl/N-ethyl adjacent to an activating group) is 1. The molecule has 2 saturated heterocycles. The second kappa shape index (κ2) is 14.6. The third kappa shape index (κ3) is 8.58. The molecule has 2 atom stereocenters. The van der Waals surface area contributed by atoms with Crippen molar-refractivity contribution < 1.29 is 40.3 Å². The standard InChI is InChI=1S/C38H49F6N5O3Si/c1-24-10-11-45-18-31(24)30-17-33(49-21-28-22-51-13-12-48(28)20-29(49)23-52-53(8,9)35(2,3)4)46-19-32(30)47(7)34(50)36(5,6)25-14-26(37(39,40)41)16-27(15-25)38(42,43)44/h10-11,14-19,28-29H,12-13,20-23H2,1-9H3/t28-,29-/m0/s1. The van der Waals surface area contributed by atoms with Gasteiger partial charge < -0.3 is 19.0 Å². The number of morpholine rings is 1. The summed E-state index contributed by atoms with van der Waals surface area (Å²) in [4.78, 5) is 29.4. The summed E-state index contributed by atoms with van der Waals surface area (Å²) in [5.41, 5.74) is -2.77. The minimum Gasteiger partial charge on any atom is -0.415 e. The minimum atomic E-state index is -5.06. The van der Waals surface area contributed by atoms with Gasteiger partial charge in [-0.1, -0.05) is 20.8 Å². The Hall–Kier alpha value is -3.53. The molecule has 1 amide bonds. The number of piperazine rings is 1. The number of benzene rings is 1. The zero-order chi connectivity index (χ0) is 39.3. The number of hydrogen-bond donors (Lipinski definition) is 0. The molecule has 4 heterocycles. The van der Waals surface area contributed by atoms with Crippen LogP contribution in [0.4, 0.5) is 37.8 Å². The zero-order valence-electron chi connectivity index (χ0n) is 31.7. The lowest BCUT2D eigenvalue weighted by atomic mass is 9.81. The molecule has 2 aliphatic heterocycles. The van der Waals surface area contributed by atoms with Crippen molar-refractivity contribution in [1.29, 1.82) is 0 Å². The highest BCUT2D eigenvalue weighted by atomic mass is 28.4. The quantitative estimate of drug-likeness (QED) is 0.169. The van der Waals surface area contributed by atoms with Crippen LogP contribution in [0, 0.1) is 6.92 Å². The van der Waals surface area contributed by atoms with Crippen molar-refractivity contribution in [3.63, 3.8) is 0 Å². The number of anilines is 2. The van der Waals surface area contributed by atoms with Gasteiger partial charge in [-0.2, -0.15) is 26.3 Å². The summed E-state index contributed by atoms with van der Waals surface area (Å²) in [6.45, 7) is 19.4. The van der Waals surface area contributed by atoms with E-state index in [0.717, 1.165) is 18.7 Å². The molecular weight excluding hydrogens is 717 g/mol. The van der Waals surface area contributed by atoms with Gasteiger partial charge in [0.15, 0.2) is 8.32 Å². The predicted octanol–water partition coefficient (Wildman–Crippen LogP) is 8.34. The van der Waals surface area contributed by atoms with Crippen molar-refractivity contribution in [2.75, 3.05) is 56.3 Å². The lowest BCUT2D eigenvalue weighted by Crippen LogP contribution is -2.64. The van der Waals surface area contributed by atoms with E-state index in [1.54, 1.807) is 12.4 Å². The van der Waals surface area contributed by atoms with Gasteiger partial charge in [-0.05, 0) is 80.4 Å². The number of hydrogen-bond acceptors (Lipinski definition) is 7. The summed E-state index contributed by atoms with van der Waals surface area (Å²) in [6, 6.07) is 5.04. The van der Waals surface area contributed by atoms with Crippen LogP contribution >= 0.6 is 0 Å². The Bertz CT molecular complexity index is 1780. The Balaban J connectivity index is 1.57. The van der Waals surface area contributed by atoms with Crippen LogP contribution in [0.1, 0.15) is 56.9 Å². The van der Waals surface area contributed by atoms with E-state index in [4.69, 9.17) is 14.1 Å². The van der Waals surface area contributed by atoms with E-state index in [0.29, 0.717) is 61.1 Å². The lowest BCUT2D eigenvalue weighted by molar-refractivity contribution is -0.143. The van der Waals surface area contributed by atoms with Crippen molar-refractivity contribution in [2.24, 2.45) is 0 Å². The Morgan fingerprint density at radius 2 is 1.57 bits per heavy atom. The molecule has 290 valence electrons. The van der Waals surface area contributed by atoms with Crippen molar-refractivity contribution in [3.05, 3.63) is 71.2 Å². The van der Waals surface area contributed by atoms with Crippen LogP contribution in [0.3, 0.4) is 0 Å². The van der Waals surface area contributed by atoms with Gasteiger partial charge >= 0.3 is 12.4 Å². The maximum atomic E-state index is 14.3. The average molecular weight is 766 g/mol. The lowest BCUT2D eigenvalue weighted by Gasteiger charge is -2.49. The number of halogens is 6. The Morgan fingerprint density at radius 1 is 0.943 bits per heavy atom. The molecule has 15 heteroatoms. The number of amides is 1. The second-order valence-corrected chi connectivity index (χ2v) is 20.9. The molecule has 1 aromatic carbocycles. The number of alkyl halides is 6. The average Bonchev–Trinajstić information content (AvgIpc) is 3.08. The number of carbonyl (C=O) groups excluding carboxylic acids is 1. The monoisotopic (exact) mass is 765 g/mol. The van der Waals surface area contributed by atoms with E-state index in [2.05, 4.69) is 48.6 Å². The molecule has 5 rings (SSSR count). The second-order valence-electron chi connectivity index (χ2n) is 16.1. The van der Waals surface area contributed by atoms with Gasteiger partial charge in [-0.3, -0.25) is 14.7 Å². The first-order valence-electron chi connectivity index (χ1n) is 17.6. The van der Waals surface area contributed by atoms with Gasteiger partial charge in [0.05, 0.1) is 60.3 Å². The number of ether oxygens (including phenoxy) is 1.